The minimum atomic E-state index is -0.871. The maximum absolute atomic E-state index is 12.6. The molecule has 4 N–H and O–H groups in total. The number of hydrogen-bond acceptors (Lipinski definition) is 7. The topological polar surface area (TPSA) is 141 Å². The molecule has 0 radical (unpaired) electrons. The first-order valence-corrected chi connectivity index (χ1v) is 9.74. The average molecular weight is 439 g/mol. The Balaban J connectivity index is 2.30. The number of carbonyl (C=O) groups is 2. The minimum absolute atomic E-state index is 0.105. The molecule has 9 nitrogen and oxygen atoms in total. The van der Waals surface area contributed by atoms with E-state index in [1.807, 2.05) is 6.07 Å². The van der Waals surface area contributed by atoms with Gasteiger partial charge in [0.25, 0.3) is 5.91 Å². The van der Waals surface area contributed by atoms with Gasteiger partial charge in [0.1, 0.15) is 18.5 Å². The average Bonchev–Trinajstić information content (AvgIpc) is 2.80. The molecule has 2 rings (SSSR count). The molecule has 2 amide bonds. The van der Waals surface area contributed by atoms with Crippen LogP contribution in [-0.2, 0) is 9.53 Å². The number of nitrogens with zero attached hydrogens (tertiary/aromatic N) is 1. The lowest BCUT2D eigenvalue weighted by Crippen LogP contribution is -2.28. The zero-order chi connectivity index (χ0) is 23.6. The van der Waals surface area contributed by atoms with Gasteiger partial charge < -0.3 is 14.6 Å². The van der Waals surface area contributed by atoms with Gasteiger partial charge in [-0.15, -0.1) is 0 Å². The normalized spacial score (nSPS) is 12.0. The standard InChI is InChI=1S/C23H25N3O6/c1-23(2,11-10-20(28)26-30)21(17-4-3-5-19(14-17)31-13-12-27)32-22(29)25-18-8-6-16(15-24)7-9-18/h3-11,14,21,27,30H,12-13H2,1-2H3,(H,25,29)(H,26,28)/b11-10+/t21-/m0/s1. The van der Waals surface area contributed by atoms with E-state index in [4.69, 9.17) is 25.0 Å². The van der Waals surface area contributed by atoms with Crippen molar-refractivity contribution in [3.63, 3.8) is 0 Å². The van der Waals surface area contributed by atoms with Gasteiger partial charge in [-0.1, -0.05) is 32.1 Å². The molecular weight excluding hydrogens is 414 g/mol. The lowest BCUT2D eigenvalue weighted by Gasteiger charge is -2.32. The zero-order valence-corrected chi connectivity index (χ0v) is 17.7. The molecule has 2 aromatic rings. The number of aliphatic hydroxyl groups is 1. The number of hydroxylamine groups is 1. The molecule has 0 fully saturated rings. The van der Waals surface area contributed by atoms with E-state index in [2.05, 4.69) is 5.32 Å². The highest BCUT2D eigenvalue weighted by atomic mass is 16.6. The van der Waals surface area contributed by atoms with Gasteiger partial charge in [-0.25, -0.2) is 10.3 Å². The van der Waals surface area contributed by atoms with Crippen LogP contribution in [0.5, 0.6) is 5.75 Å². The molecule has 0 aromatic heterocycles. The number of amides is 2. The Labute approximate surface area is 185 Å². The summed E-state index contributed by atoms with van der Waals surface area (Å²) in [5.41, 5.74) is 2.14. The Kier molecular flexibility index (Phi) is 8.77. The maximum Gasteiger partial charge on any atom is 0.412 e. The van der Waals surface area contributed by atoms with E-state index in [1.165, 1.54) is 11.6 Å². The number of ether oxygens (including phenoxy) is 2. The van der Waals surface area contributed by atoms with Gasteiger partial charge >= 0.3 is 6.09 Å². The lowest BCUT2D eigenvalue weighted by molar-refractivity contribution is -0.124. The molecule has 0 saturated carbocycles. The van der Waals surface area contributed by atoms with Crippen LogP contribution in [0.2, 0.25) is 0 Å². The number of aliphatic hydroxyl groups excluding tert-OH is 1. The molecular formula is C23H25N3O6. The third-order valence-corrected chi connectivity index (χ3v) is 4.46. The van der Waals surface area contributed by atoms with Crippen molar-refractivity contribution in [2.45, 2.75) is 20.0 Å². The molecule has 168 valence electrons. The first-order chi connectivity index (χ1) is 15.3. The number of anilines is 1. The molecule has 0 aliphatic carbocycles. The van der Waals surface area contributed by atoms with Gasteiger partial charge in [0.15, 0.2) is 0 Å². The largest absolute Gasteiger partial charge is 0.491 e. The van der Waals surface area contributed by atoms with Gasteiger partial charge in [0.05, 0.1) is 18.2 Å². The number of rotatable bonds is 9. The Morgan fingerprint density at radius 3 is 2.56 bits per heavy atom. The highest BCUT2D eigenvalue weighted by molar-refractivity contribution is 5.86. The summed E-state index contributed by atoms with van der Waals surface area (Å²) in [7, 11) is 0. The van der Waals surface area contributed by atoms with E-state index >= 15 is 0 Å². The zero-order valence-electron chi connectivity index (χ0n) is 17.7. The second kappa shape index (κ2) is 11.5. The summed E-state index contributed by atoms with van der Waals surface area (Å²) in [6.07, 6.45) is 1.07. The van der Waals surface area contributed by atoms with Crippen LogP contribution in [0.4, 0.5) is 10.5 Å². The van der Waals surface area contributed by atoms with Crippen molar-refractivity contribution in [3.8, 4) is 11.8 Å². The first kappa shape index (κ1) is 24.4. The van der Waals surface area contributed by atoms with Crippen molar-refractivity contribution in [3.05, 3.63) is 71.8 Å². The molecule has 0 bridgehead atoms. The van der Waals surface area contributed by atoms with E-state index in [1.54, 1.807) is 62.4 Å². The minimum Gasteiger partial charge on any atom is -0.491 e. The number of benzene rings is 2. The molecule has 0 aliphatic rings. The quantitative estimate of drug-likeness (QED) is 0.267. The number of nitriles is 1. The molecule has 0 unspecified atom stereocenters. The van der Waals surface area contributed by atoms with Gasteiger partial charge in [-0.3, -0.25) is 15.3 Å². The predicted molar refractivity (Wildman–Crippen MR) is 116 cm³/mol. The van der Waals surface area contributed by atoms with E-state index < -0.39 is 23.5 Å². The summed E-state index contributed by atoms with van der Waals surface area (Å²) >= 11 is 0. The summed E-state index contributed by atoms with van der Waals surface area (Å²) in [4.78, 5) is 24.1. The van der Waals surface area contributed by atoms with Crippen molar-refractivity contribution in [2.24, 2.45) is 5.41 Å². The van der Waals surface area contributed by atoms with Crippen LogP contribution < -0.4 is 15.5 Å². The van der Waals surface area contributed by atoms with Crippen molar-refractivity contribution >= 4 is 17.7 Å². The van der Waals surface area contributed by atoms with Crippen molar-refractivity contribution in [2.75, 3.05) is 18.5 Å². The molecule has 0 heterocycles. The van der Waals surface area contributed by atoms with Crippen LogP contribution in [0.25, 0.3) is 0 Å². The van der Waals surface area contributed by atoms with Crippen molar-refractivity contribution in [1.29, 1.82) is 5.26 Å². The fraction of sp³-hybridized carbons (Fsp3) is 0.261. The van der Waals surface area contributed by atoms with E-state index in [0.717, 1.165) is 6.08 Å². The Morgan fingerprint density at radius 1 is 1.22 bits per heavy atom. The molecule has 32 heavy (non-hydrogen) atoms. The van der Waals surface area contributed by atoms with E-state index in [9.17, 15) is 9.59 Å². The van der Waals surface area contributed by atoms with E-state index in [0.29, 0.717) is 22.6 Å². The molecule has 2 aromatic carbocycles. The van der Waals surface area contributed by atoms with Gasteiger partial charge in [-0.2, -0.15) is 5.26 Å². The summed E-state index contributed by atoms with van der Waals surface area (Å²) in [5.74, 6) is -0.246. The fourth-order valence-corrected chi connectivity index (χ4v) is 2.88. The third kappa shape index (κ3) is 7.12. The van der Waals surface area contributed by atoms with Crippen LogP contribution in [0.15, 0.2) is 60.7 Å². The van der Waals surface area contributed by atoms with Crippen LogP contribution in [0, 0.1) is 16.7 Å². The van der Waals surface area contributed by atoms with Gasteiger partial charge in [0.2, 0.25) is 0 Å². The molecule has 0 aliphatic heterocycles. The second-order valence-corrected chi connectivity index (χ2v) is 7.37. The van der Waals surface area contributed by atoms with Crippen molar-refractivity contribution in [1.82, 2.24) is 5.48 Å². The monoisotopic (exact) mass is 439 g/mol. The number of carbonyl (C=O) groups excluding carboxylic acids is 2. The van der Waals surface area contributed by atoms with E-state index in [-0.39, 0.29) is 13.2 Å². The van der Waals surface area contributed by atoms with Crippen LogP contribution in [-0.4, -0.2) is 35.5 Å². The lowest BCUT2D eigenvalue weighted by atomic mass is 9.82. The first-order valence-electron chi connectivity index (χ1n) is 9.74. The Hall–Kier alpha value is -3.87. The SMILES string of the molecule is CC(C)(/C=C/C(=O)NO)[C@@H](OC(=O)Nc1ccc(C#N)cc1)c1cccc(OCCO)c1. The number of hydrogen-bond donors (Lipinski definition) is 4. The molecule has 0 saturated heterocycles. The molecule has 1 atom stereocenters. The Bertz CT molecular complexity index is 996. The Morgan fingerprint density at radius 2 is 1.94 bits per heavy atom. The van der Waals surface area contributed by atoms with Gasteiger partial charge in [-0.05, 0) is 42.0 Å². The smallest absolute Gasteiger partial charge is 0.412 e. The predicted octanol–water partition coefficient (Wildman–Crippen LogP) is 3.31. The van der Waals surface area contributed by atoms with Crippen molar-refractivity contribution < 1.29 is 29.4 Å². The highest BCUT2D eigenvalue weighted by Crippen LogP contribution is 2.39. The summed E-state index contributed by atoms with van der Waals surface area (Å²) in [5, 5.41) is 29.2. The summed E-state index contributed by atoms with van der Waals surface area (Å²) in [6.45, 7) is 3.47. The van der Waals surface area contributed by atoms with Gasteiger partial charge in [0, 0.05) is 17.2 Å². The summed E-state index contributed by atoms with van der Waals surface area (Å²) in [6, 6.07) is 15.1. The van der Waals surface area contributed by atoms with Crippen LogP contribution in [0.1, 0.15) is 31.1 Å². The fourth-order valence-electron chi connectivity index (χ4n) is 2.88. The molecule has 0 spiro atoms. The third-order valence-electron chi connectivity index (χ3n) is 4.46. The summed E-state index contributed by atoms with van der Waals surface area (Å²) < 4.78 is 11.2. The number of nitrogens with one attached hydrogen (secondary N) is 2. The highest BCUT2D eigenvalue weighted by Gasteiger charge is 2.33. The maximum atomic E-state index is 12.6. The second-order valence-electron chi connectivity index (χ2n) is 7.37. The van der Waals surface area contributed by atoms with Crippen LogP contribution >= 0.6 is 0 Å². The molecule has 9 heteroatoms. The van der Waals surface area contributed by atoms with Crippen LogP contribution in [0.3, 0.4) is 0 Å².